The van der Waals surface area contributed by atoms with Gasteiger partial charge in [0.05, 0.1) is 5.60 Å². The molecule has 2 nitrogen and oxygen atoms in total. The highest BCUT2D eigenvalue weighted by Crippen LogP contribution is 2.10. The topological polar surface area (TPSA) is 21.3 Å². The molecule has 0 unspecified atom stereocenters. The molecule has 13 heavy (non-hydrogen) atoms. The molecular formula is C11H25NO. The summed E-state index contributed by atoms with van der Waals surface area (Å²) in [6.07, 6.45) is 1.15. The first kappa shape index (κ1) is 12.9. The molecule has 0 aromatic heterocycles. The lowest BCUT2D eigenvalue weighted by Crippen LogP contribution is -2.38. The van der Waals surface area contributed by atoms with Gasteiger partial charge in [-0.05, 0) is 32.7 Å². The first-order valence-electron chi connectivity index (χ1n) is 5.32. The molecule has 2 heteroatoms. The van der Waals surface area contributed by atoms with Crippen LogP contribution in [-0.4, -0.2) is 25.3 Å². The van der Waals surface area contributed by atoms with Gasteiger partial charge in [-0.3, -0.25) is 0 Å². The lowest BCUT2D eigenvalue weighted by molar-refractivity contribution is -0.0204. The van der Waals surface area contributed by atoms with Crippen LogP contribution in [0.3, 0.4) is 0 Å². The van der Waals surface area contributed by atoms with E-state index in [0.29, 0.717) is 0 Å². The largest absolute Gasteiger partial charge is 0.374 e. The van der Waals surface area contributed by atoms with Gasteiger partial charge in [0.25, 0.3) is 0 Å². The van der Waals surface area contributed by atoms with Gasteiger partial charge in [-0.1, -0.05) is 20.8 Å². The SMILES string of the molecule is CCNCC(C)(C)OCCC(C)C. The Hall–Kier alpha value is -0.0800. The van der Waals surface area contributed by atoms with Crippen LogP contribution in [0.5, 0.6) is 0 Å². The zero-order valence-corrected chi connectivity index (χ0v) is 9.81. The minimum atomic E-state index is -0.0229. The Morgan fingerprint density at radius 3 is 2.38 bits per heavy atom. The van der Waals surface area contributed by atoms with Crippen molar-refractivity contribution in [2.45, 2.75) is 46.6 Å². The molecule has 0 rings (SSSR count). The maximum atomic E-state index is 5.78. The Morgan fingerprint density at radius 1 is 1.31 bits per heavy atom. The van der Waals surface area contributed by atoms with Crippen LogP contribution < -0.4 is 5.32 Å². The fourth-order valence-electron chi connectivity index (χ4n) is 1.05. The molecule has 0 aromatic rings. The summed E-state index contributed by atoms with van der Waals surface area (Å²) < 4.78 is 5.78. The van der Waals surface area contributed by atoms with Crippen LogP contribution in [0.2, 0.25) is 0 Å². The maximum absolute atomic E-state index is 5.78. The summed E-state index contributed by atoms with van der Waals surface area (Å²) in [5, 5.41) is 3.30. The Morgan fingerprint density at radius 2 is 1.92 bits per heavy atom. The van der Waals surface area contributed by atoms with Crippen molar-refractivity contribution >= 4 is 0 Å². The van der Waals surface area contributed by atoms with Gasteiger partial charge in [0.2, 0.25) is 0 Å². The number of hydrogen-bond acceptors (Lipinski definition) is 2. The Bertz CT molecular complexity index is 121. The molecule has 0 radical (unpaired) electrons. The molecule has 1 N–H and O–H groups in total. The summed E-state index contributed by atoms with van der Waals surface area (Å²) >= 11 is 0. The minimum absolute atomic E-state index is 0.0229. The van der Waals surface area contributed by atoms with Crippen molar-refractivity contribution in [1.29, 1.82) is 0 Å². The van der Waals surface area contributed by atoms with Crippen molar-refractivity contribution < 1.29 is 4.74 Å². The van der Waals surface area contributed by atoms with Gasteiger partial charge in [-0.25, -0.2) is 0 Å². The Kier molecular flexibility index (Phi) is 6.35. The highest BCUT2D eigenvalue weighted by Gasteiger charge is 2.16. The van der Waals surface area contributed by atoms with Gasteiger partial charge in [-0.15, -0.1) is 0 Å². The van der Waals surface area contributed by atoms with E-state index in [1.807, 2.05) is 0 Å². The molecule has 0 fully saturated rings. The van der Waals surface area contributed by atoms with E-state index in [-0.39, 0.29) is 5.60 Å². The van der Waals surface area contributed by atoms with E-state index < -0.39 is 0 Å². The molecule has 0 amide bonds. The maximum Gasteiger partial charge on any atom is 0.0750 e. The molecule has 0 saturated heterocycles. The van der Waals surface area contributed by atoms with Crippen molar-refractivity contribution in [1.82, 2.24) is 5.32 Å². The molecule has 0 heterocycles. The second-order valence-electron chi connectivity index (χ2n) is 4.57. The average molecular weight is 187 g/mol. The predicted molar refractivity (Wildman–Crippen MR) is 58.0 cm³/mol. The monoisotopic (exact) mass is 187 g/mol. The van der Waals surface area contributed by atoms with Gasteiger partial charge >= 0.3 is 0 Å². The number of nitrogens with one attached hydrogen (secondary N) is 1. The zero-order valence-electron chi connectivity index (χ0n) is 9.81. The minimum Gasteiger partial charge on any atom is -0.374 e. The second-order valence-corrected chi connectivity index (χ2v) is 4.57. The third kappa shape index (κ3) is 8.26. The Balaban J connectivity index is 3.50. The predicted octanol–water partition coefficient (Wildman–Crippen LogP) is 2.44. The highest BCUT2D eigenvalue weighted by atomic mass is 16.5. The summed E-state index contributed by atoms with van der Waals surface area (Å²) in [6, 6.07) is 0. The van der Waals surface area contributed by atoms with E-state index in [0.717, 1.165) is 32.0 Å². The molecule has 0 aliphatic heterocycles. The lowest BCUT2D eigenvalue weighted by Gasteiger charge is -2.26. The van der Waals surface area contributed by atoms with Gasteiger partial charge in [0.1, 0.15) is 0 Å². The fraction of sp³-hybridized carbons (Fsp3) is 1.00. The van der Waals surface area contributed by atoms with Crippen molar-refractivity contribution in [2.24, 2.45) is 5.92 Å². The average Bonchev–Trinajstić information content (AvgIpc) is 2.00. The third-order valence-corrected chi connectivity index (χ3v) is 1.99. The number of rotatable bonds is 7. The first-order chi connectivity index (χ1) is 5.98. The summed E-state index contributed by atoms with van der Waals surface area (Å²) in [7, 11) is 0. The van der Waals surface area contributed by atoms with Gasteiger partial charge in [0.15, 0.2) is 0 Å². The standard InChI is InChI=1S/C11H25NO/c1-6-12-9-11(4,5)13-8-7-10(2)3/h10,12H,6-9H2,1-5H3. The van der Waals surface area contributed by atoms with Crippen LogP contribution in [0.4, 0.5) is 0 Å². The van der Waals surface area contributed by atoms with Crippen molar-refractivity contribution in [3.05, 3.63) is 0 Å². The molecule has 0 aliphatic rings. The number of hydrogen-bond donors (Lipinski definition) is 1. The van der Waals surface area contributed by atoms with Crippen LogP contribution in [0, 0.1) is 5.92 Å². The van der Waals surface area contributed by atoms with E-state index in [2.05, 4.69) is 39.9 Å². The molecule has 0 aromatic carbocycles. The van der Waals surface area contributed by atoms with Gasteiger partial charge < -0.3 is 10.1 Å². The fourth-order valence-corrected chi connectivity index (χ4v) is 1.05. The van der Waals surface area contributed by atoms with Crippen LogP contribution in [0.1, 0.15) is 41.0 Å². The van der Waals surface area contributed by atoms with Crippen LogP contribution >= 0.6 is 0 Å². The number of likely N-dealkylation sites (N-methyl/N-ethyl adjacent to an activating group) is 1. The smallest absolute Gasteiger partial charge is 0.0750 e. The zero-order chi connectivity index (χ0) is 10.3. The molecule has 0 atom stereocenters. The quantitative estimate of drug-likeness (QED) is 0.661. The van der Waals surface area contributed by atoms with Crippen molar-refractivity contribution in [3.63, 3.8) is 0 Å². The van der Waals surface area contributed by atoms with E-state index in [9.17, 15) is 0 Å². The third-order valence-electron chi connectivity index (χ3n) is 1.99. The van der Waals surface area contributed by atoms with E-state index >= 15 is 0 Å². The first-order valence-corrected chi connectivity index (χ1v) is 5.32. The highest BCUT2D eigenvalue weighted by molar-refractivity contribution is 4.71. The molecule has 0 spiro atoms. The molecule has 0 aliphatic carbocycles. The molecular weight excluding hydrogens is 162 g/mol. The normalized spacial score (nSPS) is 12.5. The van der Waals surface area contributed by atoms with Crippen LogP contribution in [0.15, 0.2) is 0 Å². The summed E-state index contributed by atoms with van der Waals surface area (Å²) in [6.45, 7) is 13.6. The molecule has 80 valence electrons. The lowest BCUT2D eigenvalue weighted by atomic mass is 10.1. The molecule has 0 saturated carbocycles. The van der Waals surface area contributed by atoms with Crippen molar-refractivity contribution in [3.8, 4) is 0 Å². The summed E-state index contributed by atoms with van der Waals surface area (Å²) in [5.74, 6) is 0.731. The number of ether oxygens (including phenoxy) is 1. The van der Waals surface area contributed by atoms with Gasteiger partial charge in [0, 0.05) is 13.2 Å². The summed E-state index contributed by atoms with van der Waals surface area (Å²) in [4.78, 5) is 0. The van der Waals surface area contributed by atoms with Gasteiger partial charge in [-0.2, -0.15) is 0 Å². The Labute approximate surface area is 83.1 Å². The van der Waals surface area contributed by atoms with Crippen LogP contribution in [-0.2, 0) is 4.74 Å². The van der Waals surface area contributed by atoms with E-state index in [1.54, 1.807) is 0 Å². The summed E-state index contributed by atoms with van der Waals surface area (Å²) in [5.41, 5.74) is -0.0229. The van der Waals surface area contributed by atoms with E-state index in [4.69, 9.17) is 4.74 Å². The van der Waals surface area contributed by atoms with E-state index in [1.165, 1.54) is 0 Å². The second kappa shape index (κ2) is 6.39. The van der Waals surface area contributed by atoms with Crippen LogP contribution in [0.25, 0.3) is 0 Å². The molecule has 0 bridgehead atoms. The van der Waals surface area contributed by atoms with Crippen molar-refractivity contribution in [2.75, 3.05) is 19.7 Å².